The van der Waals surface area contributed by atoms with Gasteiger partial charge in [0.2, 0.25) is 0 Å². The molecule has 24 heavy (non-hydrogen) atoms. The Kier molecular flexibility index (Phi) is 4.07. The predicted molar refractivity (Wildman–Crippen MR) is 91.1 cm³/mol. The van der Waals surface area contributed by atoms with E-state index >= 15 is 0 Å². The van der Waals surface area contributed by atoms with Crippen LogP contribution in [0.2, 0.25) is 0 Å². The predicted octanol–water partition coefficient (Wildman–Crippen LogP) is 2.85. The number of carbonyl (C=O) groups is 1. The van der Waals surface area contributed by atoms with Gasteiger partial charge in [-0.15, -0.1) is 0 Å². The van der Waals surface area contributed by atoms with Crippen LogP contribution in [0.1, 0.15) is 15.9 Å². The highest BCUT2D eigenvalue weighted by molar-refractivity contribution is 6.00. The van der Waals surface area contributed by atoms with Crippen LogP contribution in [-0.2, 0) is 7.05 Å². The van der Waals surface area contributed by atoms with Crippen LogP contribution in [0, 0.1) is 10.1 Å². The number of aromatic nitrogens is 1. The highest BCUT2D eigenvalue weighted by Crippen LogP contribution is 2.18. The highest BCUT2D eigenvalue weighted by Gasteiger charge is 2.10. The van der Waals surface area contributed by atoms with Crippen molar-refractivity contribution in [2.45, 2.75) is 0 Å². The maximum absolute atomic E-state index is 12.0. The summed E-state index contributed by atoms with van der Waals surface area (Å²) in [5.74, 6) is -0.504. The number of benzene rings is 2. The lowest BCUT2D eigenvalue weighted by Crippen LogP contribution is -2.17. The topological polar surface area (TPSA) is 89.5 Å². The Morgan fingerprint density at radius 2 is 2.04 bits per heavy atom. The maximum Gasteiger partial charge on any atom is 0.271 e. The molecule has 3 rings (SSSR count). The molecule has 7 heteroatoms. The molecule has 120 valence electrons. The van der Waals surface area contributed by atoms with Gasteiger partial charge >= 0.3 is 0 Å². The van der Waals surface area contributed by atoms with Crippen LogP contribution >= 0.6 is 0 Å². The van der Waals surface area contributed by atoms with Gasteiger partial charge < -0.3 is 4.57 Å². The van der Waals surface area contributed by atoms with Gasteiger partial charge in [-0.2, -0.15) is 5.10 Å². The summed E-state index contributed by atoms with van der Waals surface area (Å²) in [5, 5.41) is 15.7. The van der Waals surface area contributed by atoms with Crippen molar-refractivity contribution in [3.63, 3.8) is 0 Å². The molecule has 0 bridgehead atoms. The van der Waals surface area contributed by atoms with E-state index in [1.54, 1.807) is 6.21 Å². The van der Waals surface area contributed by atoms with Crippen molar-refractivity contribution < 1.29 is 9.72 Å². The lowest BCUT2D eigenvalue weighted by Gasteiger charge is -1.99. The summed E-state index contributed by atoms with van der Waals surface area (Å²) in [6.07, 6.45) is 3.46. The number of fused-ring (bicyclic) bond motifs is 1. The number of nitrogens with one attached hydrogen (secondary N) is 1. The van der Waals surface area contributed by atoms with Gasteiger partial charge in [0.05, 0.1) is 11.1 Å². The van der Waals surface area contributed by atoms with Crippen molar-refractivity contribution in [3.8, 4) is 0 Å². The van der Waals surface area contributed by atoms with E-state index in [2.05, 4.69) is 10.5 Å². The SMILES string of the molecule is Cn1cc(/C=N\NC(=O)c2cccc([N+](=O)[O-])c2)c2ccccc21. The molecular weight excluding hydrogens is 308 g/mol. The fourth-order valence-corrected chi connectivity index (χ4v) is 2.46. The molecule has 0 aliphatic heterocycles. The molecule has 3 aromatic rings. The molecular formula is C17H14N4O3. The molecule has 1 N–H and O–H groups in total. The number of carbonyl (C=O) groups excluding carboxylic acids is 1. The second-order valence-corrected chi connectivity index (χ2v) is 5.22. The average Bonchev–Trinajstić information content (AvgIpc) is 2.91. The Labute approximate surface area is 137 Å². The molecule has 0 unspecified atom stereocenters. The molecule has 0 aliphatic carbocycles. The summed E-state index contributed by atoms with van der Waals surface area (Å²) in [6, 6.07) is 13.3. The monoisotopic (exact) mass is 322 g/mol. The maximum atomic E-state index is 12.0. The summed E-state index contributed by atoms with van der Waals surface area (Å²) < 4.78 is 1.97. The minimum atomic E-state index is -0.545. The first-order valence-corrected chi connectivity index (χ1v) is 7.18. The number of hydrogen-bond acceptors (Lipinski definition) is 4. The number of nitro benzene ring substituents is 1. The van der Waals surface area contributed by atoms with Crippen LogP contribution in [0.3, 0.4) is 0 Å². The summed E-state index contributed by atoms with van der Waals surface area (Å²) >= 11 is 0. The van der Waals surface area contributed by atoms with E-state index in [9.17, 15) is 14.9 Å². The Morgan fingerprint density at radius 3 is 2.83 bits per heavy atom. The fourth-order valence-electron chi connectivity index (χ4n) is 2.46. The van der Waals surface area contributed by atoms with Gasteiger partial charge in [0, 0.05) is 47.4 Å². The van der Waals surface area contributed by atoms with Gasteiger partial charge in [-0.3, -0.25) is 14.9 Å². The minimum absolute atomic E-state index is 0.138. The molecule has 0 fully saturated rings. The fraction of sp³-hybridized carbons (Fsp3) is 0.0588. The number of rotatable bonds is 4. The Bertz CT molecular complexity index is 959. The van der Waals surface area contributed by atoms with Crippen molar-refractivity contribution in [2.75, 3.05) is 0 Å². The minimum Gasteiger partial charge on any atom is -0.350 e. The number of nitro groups is 1. The largest absolute Gasteiger partial charge is 0.350 e. The van der Waals surface area contributed by atoms with Crippen molar-refractivity contribution in [3.05, 3.63) is 76.0 Å². The molecule has 1 amide bonds. The third-order valence-corrected chi connectivity index (χ3v) is 3.62. The van der Waals surface area contributed by atoms with E-state index in [-0.39, 0.29) is 11.3 Å². The van der Waals surface area contributed by atoms with Gasteiger partial charge in [-0.05, 0) is 12.1 Å². The molecule has 0 radical (unpaired) electrons. The first-order valence-electron chi connectivity index (χ1n) is 7.18. The number of non-ortho nitro benzene ring substituents is 1. The third-order valence-electron chi connectivity index (χ3n) is 3.62. The van der Waals surface area contributed by atoms with Crippen LogP contribution in [0.5, 0.6) is 0 Å². The van der Waals surface area contributed by atoms with Crippen molar-refractivity contribution in [2.24, 2.45) is 12.1 Å². The molecule has 0 spiro atoms. The molecule has 1 aromatic heterocycles. The van der Waals surface area contributed by atoms with E-state index < -0.39 is 10.8 Å². The van der Waals surface area contributed by atoms with Crippen molar-refractivity contribution in [1.82, 2.24) is 9.99 Å². The van der Waals surface area contributed by atoms with Gasteiger partial charge in [0.15, 0.2) is 0 Å². The van der Waals surface area contributed by atoms with Gasteiger partial charge in [0.1, 0.15) is 0 Å². The summed E-state index contributed by atoms with van der Waals surface area (Å²) in [6.45, 7) is 0. The van der Waals surface area contributed by atoms with Crippen LogP contribution in [0.4, 0.5) is 5.69 Å². The van der Waals surface area contributed by atoms with Crippen LogP contribution in [0.25, 0.3) is 10.9 Å². The number of hydrogen-bond donors (Lipinski definition) is 1. The molecule has 1 heterocycles. The van der Waals surface area contributed by atoms with Crippen LogP contribution in [0.15, 0.2) is 59.8 Å². The lowest BCUT2D eigenvalue weighted by molar-refractivity contribution is -0.384. The zero-order chi connectivity index (χ0) is 17.1. The second-order valence-electron chi connectivity index (χ2n) is 5.22. The van der Waals surface area contributed by atoms with E-state index in [0.29, 0.717) is 0 Å². The quantitative estimate of drug-likeness (QED) is 0.455. The zero-order valence-corrected chi connectivity index (χ0v) is 12.8. The van der Waals surface area contributed by atoms with E-state index in [0.717, 1.165) is 16.5 Å². The third kappa shape index (κ3) is 3.00. The van der Waals surface area contributed by atoms with Crippen molar-refractivity contribution in [1.29, 1.82) is 0 Å². The normalized spacial score (nSPS) is 11.0. The number of para-hydroxylation sites is 1. The average molecular weight is 322 g/mol. The smallest absolute Gasteiger partial charge is 0.271 e. The van der Waals surface area contributed by atoms with Gasteiger partial charge in [0.25, 0.3) is 11.6 Å². The Balaban J connectivity index is 1.77. The van der Waals surface area contributed by atoms with Gasteiger partial charge in [-0.1, -0.05) is 24.3 Å². The number of nitrogens with zero attached hydrogens (tertiary/aromatic N) is 3. The summed E-state index contributed by atoms with van der Waals surface area (Å²) in [5.41, 5.74) is 4.36. The van der Waals surface area contributed by atoms with E-state index in [4.69, 9.17) is 0 Å². The number of amides is 1. The molecule has 7 nitrogen and oxygen atoms in total. The zero-order valence-electron chi connectivity index (χ0n) is 12.8. The first kappa shape index (κ1) is 15.4. The molecule has 0 saturated heterocycles. The Morgan fingerprint density at radius 1 is 1.25 bits per heavy atom. The van der Waals surface area contributed by atoms with Crippen LogP contribution < -0.4 is 5.43 Å². The second kappa shape index (κ2) is 6.33. The summed E-state index contributed by atoms with van der Waals surface area (Å²) in [4.78, 5) is 22.2. The van der Waals surface area contributed by atoms with Gasteiger partial charge in [-0.25, -0.2) is 5.43 Å². The first-order chi connectivity index (χ1) is 11.6. The molecule has 0 aliphatic rings. The molecule has 2 aromatic carbocycles. The standard InChI is InChI=1S/C17H14N4O3/c1-20-11-13(15-7-2-3-8-16(15)20)10-18-19-17(22)12-5-4-6-14(9-12)21(23)24/h2-11H,1H3,(H,19,22)/b18-10-. The van der Waals surface area contributed by atoms with Crippen molar-refractivity contribution >= 4 is 28.7 Å². The summed E-state index contributed by atoms with van der Waals surface area (Å²) in [7, 11) is 1.93. The Hall–Kier alpha value is -3.48. The highest BCUT2D eigenvalue weighted by atomic mass is 16.6. The molecule has 0 saturated carbocycles. The molecule has 0 atom stereocenters. The van der Waals surface area contributed by atoms with E-state index in [1.165, 1.54) is 24.3 Å². The van der Waals surface area contributed by atoms with Crippen LogP contribution in [-0.4, -0.2) is 21.6 Å². The van der Waals surface area contributed by atoms with E-state index in [1.807, 2.05) is 42.1 Å². The number of hydrazone groups is 1. The number of aryl methyl sites for hydroxylation is 1. The lowest BCUT2D eigenvalue weighted by atomic mass is 10.2.